The van der Waals surface area contributed by atoms with Gasteiger partial charge in [0, 0.05) is 18.2 Å². The van der Waals surface area contributed by atoms with Crippen molar-refractivity contribution in [2.24, 2.45) is 0 Å². The monoisotopic (exact) mass is 376 g/mol. The lowest BCUT2D eigenvalue weighted by Gasteiger charge is -2.34. The summed E-state index contributed by atoms with van der Waals surface area (Å²) in [4.78, 5) is 12.1. The van der Waals surface area contributed by atoms with Gasteiger partial charge in [0.05, 0.1) is 17.1 Å². The molecule has 0 spiro atoms. The fourth-order valence-electron chi connectivity index (χ4n) is 3.28. The molecule has 1 N–H and O–H groups in total. The fourth-order valence-corrected chi connectivity index (χ4v) is 4.86. The number of carbonyl (C=O) groups excluding carboxylic acids is 1. The molecule has 2 aliphatic heterocycles. The molecule has 6 nitrogen and oxygen atoms in total. The molecule has 2 aromatic rings. The lowest BCUT2D eigenvalue weighted by molar-refractivity contribution is 0.0945. The Bertz CT molecular complexity index is 1010. The van der Waals surface area contributed by atoms with Gasteiger partial charge in [-0.25, -0.2) is 12.8 Å². The summed E-state index contributed by atoms with van der Waals surface area (Å²) in [6, 6.07) is 8.35. The van der Waals surface area contributed by atoms with Crippen molar-refractivity contribution in [3.05, 3.63) is 53.3 Å². The van der Waals surface area contributed by atoms with Crippen LogP contribution in [0.15, 0.2) is 41.3 Å². The second kappa shape index (κ2) is 5.98. The Morgan fingerprint density at radius 1 is 1.23 bits per heavy atom. The quantitative estimate of drug-likeness (QED) is 0.871. The molecule has 2 heterocycles. The Morgan fingerprint density at radius 3 is 2.85 bits per heavy atom. The van der Waals surface area contributed by atoms with E-state index in [1.54, 1.807) is 13.0 Å². The molecular weight excluding hydrogens is 359 g/mol. The number of nitrogens with zero attached hydrogens (tertiary/aromatic N) is 1. The molecule has 0 aliphatic carbocycles. The van der Waals surface area contributed by atoms with Crippen molar-refractivity contribution in [1.29, 1.82) is 0 Å². The summed E-state index contributed by atoms with van der Waals surface area (Å²) in [7, 11) is -3.93. The zero-order valence-corrected chi connectivity index (χ0v) is 14.8. The first-order valence-corrected chi connectivity index (χ1v) is 9.70. The molecule has 0 fully saturated rings. The van der Waals surface area contributed by atoms with E-state index in [2.05, 4.69) is 5.32 Å². The second-order valence-corrected chi connectivity index (χ2v) is 8.26. The van der Waals surface area contributed by atoms with Crippen LogP contribution in [0.2, 0.25) is 0 Å². The number of rotatable bonds is 2. The smallest absolute Gasteiger partial charge is 0.264 e. The zero-order chi connectivity index (χ0) is 18.5. The summed E-state index contributed by atoms with van der Waals surface area (Å²) >= 11 is 0. The lowest BCUT2D eigenvalue weighted by atomic mass is 10.0. The van der Waals surface area contributed by atoms with Gasteiger partial charge in [0.1, 0.15) is 17.7 Å². The van der Waals surface area contributed by atoms with Crippen LogP contribution in [0.1, 0.15) is 22.8 Å². The Hall–Kier alpha value is -2.61. The molecule has 0 bridgehead atoms. The molecule has 26 heavy (non-hydrogen) atoms. The molecule has 4 rings (SSSR count). The number of benzene rings is 2. The Kier molecular flexibility index (Phi) is 3.87. The standard InChI is InChI=1S/C18H17FN2O4S/c1-11-10-21(16-5-3-13(19)8-17(16)25-11)26(23,24)14-4-2-12-6-7-20-18(22)15(12)9-14/h2-5,8-9,11H,6-7,10H2,1H3,(H,20,22). The molecule has 2 aromatic carbocycles. The van der Waals surface area contributed by atoms with E-state index in [0.717, 1.165) is 5.56 Å². The maximum Gasteiger partial charge on any atom is 0.264 e. The highest BCUT2D eigenvalue weighted by Gasteiger charge is 2.34. The highest BCUT2D eigenvalue weighted by Crippen LogP contribution is 2.37. The van der Waals surface area contributed by atoms with E-state index in [9.17, 15) is 17.6 Å². The average molecular weight is 376 g/mol. The summed E-state index contributed by atoms with van der Waals surface area (Å²) in [6.07, 6.45) is 0.234. The van der Waals surface area contributed by atoms with Crippen molar-refractivity contribution < 1.29 is 22.3 Å². The molecule has 8 heteroatoms. The Balaban J connectivity index is 1.81. The van der Waals surface area contributed by atoms with Crippen molar-refractivity contribution in [2.45, 2.75) is 24.3 Å². The third kappa shape index (κ3) is 2.70. The molecule has 2 aliphatic rings. The maximum atomic E-state index is 13.5. The largest absolute Gasteiger partial charge is 0.487 e. The van der Waals surface area contributed by atoms with Gasteiger partial charge in [-0.3, -0.25) is 9.10 Å². The molecule has 0 aromatic heterocycles. The van der Waals surface area contributed by atoms with Crippen LogP contribution in [0, 0.1) is 5.82 Å². The highest BCUT2D eigenvalue weighted by atomic mass is 32.2. The fraction of sp³-hybridized carbons (Fsp3) is 0.278. The molecule has 0 saturated carbocycles. The first-order chi connectivity index (χ1) is 12.4. The van der Waals surface area contributed by atoms with Crippen LogP contribution in [0.3, 0.4) is 0 Å². The topological polar surface area (TPSA) is 75.7 Å². The number of amides is 1. The minimum atomic E-state index is -3.93. The highest BCUT2D eigenvalue weighted by molar-refractivity contribution is 7.92. The predicted octanol–water partition coefficient (Wildman–Crippen LogP) is 2.09. The first-order valence-electron chi connectivity index (χ1n) is 8.26. The molecule has 0 saturated heterocycles. The van der Waals surface area contributed by atoms with E-state index in [1.165, 1.54) is 34.6 Å². The van der Waals surface area contributed by atoms with Crippen LogP contribution in [-0.2, 0) is 16.4 Å². The van der Waals surface area contributed by atoms with Crippen LogP contribution in [0.4, 0.5) is 10.1 Å². The van der Waals surface area contributed by atoms with E-state index in [-0.39, 0.29) is 28.8 Å². The minimum Gasteiger partial charge on any atom is -0.487 e. The van der Waals surface area contributed by atoms with E-state index in [4.69, 9.17) is 4.74 Å². The second-order valence-electron chi connectivity index (χ2n) is 6.40. The summed E-state index contributed by atoms with van der Waals surface area (Å²) < 4.78 is 46.7. The molecule has 1 atom stereocenters. The van der Waals surface area contributed by atoms with Crippen molar-refractivity contribution in [3.63, 3.8) is 0 Å². The van der Waals surface area contributed by atoms with Crippen molar-refractivity contribution in [2.75, 3.05) is 17.4 Å². The third-order valence-corrected chi connectivity index (χ3v) is 6.31. The van der Waals surface area contributed by atoms with Crippen LogP contribution >= 0.6 is 0 Å². The summed E-state index contributed by atoms with van der Waals surface area (Å²) in [5.41, 5.74) is 1.48. The van der Waals surface area contributed by atoms with Gasteiger partial charge in [0.2, 0.25) is 0 Å². The third-order valence-electron chi connectivity index (χ3n) is 4.54. The SMILES string of the molecule is CC1CN(S(=O)(=O)c2ccc3c(c2)C(=O)NCC3)c2ccc(F)cc2O1. The minimum absolute atomic E-state index is 0.0256. The molecule has 1 unspecified atom stereocenters. The van der Waals surface area contributed by atoms with Crippen LogP contribution in [0.25, 0.3) is 0 Å². The maximum absolute atomic E-state index is 13.5. The summed E-state index contributed by atoms with van der Waals surface area (Å²) in [5.74, 6) is -0.593. The summed E-state index contributed by atoms with van der Waals surface area (Å²) in [6.45, 7) is 2.36. The van der Waals surface area contributed by atoms with Gasteiger partial charge in [-0.05, 0) is 43.2 Å². The summed E-state index contributed by atoms with van der Waals surface area (Å²) in [5, 5.41) is 2.72. The lowest BCUT2D eigenvalue weighted by Crippen LogP contribution is -2.42. The van der Waals surface area contributed by atoms with E-state index >= 15 is 0 Å². The van der Waals surface area contributed by atoms with E-state index in [0.29, 0.717) is 18.5 Å². The average Bonchev–Trinajstić information content (AvgIpc) is 2.60. The van der Waals surface area contributed by atoms with E-state index in [1.807, 2.05) is 0 Å². The van der Waals surface area contributed by atoms with Crippen LogP contribution in [0.5, 0.6) is 5.75 Å². The van der Waals surface area contributed by atoms with Crippen molar-refractivity contribution in [1.82, 2.24) is 5.32 Å². The van der Waals surface area contributed by atoms with Crippen molar-refractivity contribution >= 4 is 21.6 Å². The van der Waals surface area contributed by atoms with Crippen molar-refractivity contribution in [3.8, 4) is 5.75 Å². The number of hydrogen-bond acceptors (Lipinski definition) is 4. The number of halogens is 1. The Labute approximate surface area is 150 Å². The van der Waals surface area contributed by atoms with Gasteiger partial charge in [0.25, 0.3) is 15.9 Å². The molecule has 0 radical (unpaired) electrons. The Morgan fingerprint density at radius 2 is 2.04 bits per heavy atom. The van der Waals surface area contributed by atoms with E-state index < -0.39 is 21.9 Å². The molecule has 1 amide bonds. The van der Waals surface area contributed by atoms with Gasteiger partial charge in [-0.2, -0.15) is 0 Å². The predicted molar refractivity (Wildman–Crippen MR) is 93.5 cm³/mol. The normalized spacial score (nSPS) is 19.2. The van der Waals surface area contributed by atoms with Gasteiger partial charge in [-0.1, -0.05) is 6.07 Å². The number of ether oxygens (including phenoxy) is 1. The zero-order valence-electron chi connectivity index (χ0n) is 14.0. The molecule has 136 valence electrons. The van der Waals surface area contributed by atoms with Crippen LogP contribution in [-0.4, -0.2) is 33.5 Å². The van der Waals surface area contributed by atoms with Crippen LogP contribution < -0.4 is 14.4 Å². The molecular formula is C18H17FN2O4S. The number of carbonyl (C=O) groups is 1. The van der Waals surface area contributed by atoms with Gasteiger partial charge in [0.15, 0.2) is 0 Å². The first kappa shape index (κ1) is 16.8. The number of sulfonamides is 1. The number of fused-ring (bicyclic) bond motifs is 2. The number of anilines is 1. The van der Waals surface area contributed by atoms with Gasteiger partial charge < -0.3 is 10.1 Å². The van der Waals surface area contributed by atoms with Gasteiger partial charge in [-0.15, -0.1) is 0 Å². The number of nitrogens with one attached hydrogen (secondary N) is 1. The van der Waals surface area contributed by atoms with Gasteiger partial charge >= 0.3 is 0 Å². The number of hydrogen-bond donors (Lipinski definition) is 1.